The molecule has 94 valence electrons. The van der Waals surface area contributed by atoms with Crippen molar-refractivity contribution in [3.05, 3.63) is 47.7 Å². The van der Waals surface area contributed by atoms with Crippen LogP contribution in [0.2, 0.25) is 0 Å². The maximum atomic E-state index is 12.1. The molecular formula is C14H15NO3. The molecule has 4 nitrogen and oxygen atoms in total. The van der Waals surface area contributed by atoms with Gasteiger partial charge in [0, 0.05) is 11.8 Å². The highest BCUT2D eigenvalue weighted by Gasteiger charge is 2.13. The minimum Gasteiger partial charge on any atom is -0.489 e. The Balaban J connectivity index is 2.25. The lowest BCUT2D eigenvalue weighted by Gasteiger charge is -2.09. The van der Waals surface area contributed by atoms with Gasteiger partial charge in [-0.3, -0.25) is 9.78 Å². The molecule has 0 spiro atoms. The summed E-state index contributed by atoms with van der Waals surface area (Å²) in [4.78, 5) is 16.2. The fraction of sp³-hybridized carbons (Fsp3) is 0.286. The number of carbonyl (C=O) groups excluding carboxylic acids is 1. The van der Waals surface area contributed by atoms with Crippen LogP contribution in [-0.2, 0) is 0 Å². The Kier molecular flexibility index (Phi) is 3.46. The normalized spacial score (nSPS) is 10.7. The molecule has 0 radical (unpaired) electrons. The summed E-state index contributed by atoms with van der Waals surface area (Å²) >= 11 is 0. The Labute approximate surface area is 106 Å². The first-order valence-corrected chi connectivity index (χ1v) is 5.78. The predicted octanol–water partition coefficient (Wildman–Crippen LogP) is 3.00. The second kappa shape index (κ2) is 5.04. The molecule has 0 saturated carbocycles. The van der Waals surface area contributed by atoms with Crippen molar-refractivity contribution in [1.82, 2.24) is 4.98 Å². The fourth-order valence-electron chi connectivity index (χ4n) is 1.61. The smallest absolute Gasteiger partial charge is 0.197 e. The molecular weight excluding hydrogens is 230 g/mol. The van der Waals surface area contributed by atoms with Crippen molar-refractivity contribution >= 4 is 5.78 Å². The lowest BCUT2D eigenvalue weighted by atomic mass is 10.1. The molecule has 0 amide bonds. The zero-order valence-electron chi connectivity index (χ0n) is 10.6. The summed E-state index contributed by atoms with van der Waals surface area (Å²) in [5, 5.41) is 0. The second-order valence-electron chi connectivity index (χ2n) is 4.35. The average Bonchev–Trinajstić information content (AvgIpc) is 2.74. The lowest BCUT2D eigenvalue weighted by Crippen LogP contribution is -2.07. The quantitative estimate of drug-likeness (QED) is 0.777. The van der Waals surface area contributed by atoms with E-state index in [2.05, 4.69) is 4.98 Å². The van der Waals surface area contributed by atoms with E-state index in [-0.39, 0.29) is 11.9 Å². The van der Waals surface area contributed by atoms with E-state index in [1.807, 2.05) is 13.8 Å². The first kappa shape index (κ1) is 12.4. The van der Waals surface area contributed by atoms with Gasteiger partial charge in [-0.05, 0) is 32.9 Å². The largest absolute Gasteiger partial charge is 0.489 e. The summed E-state index contributed by atoms with van der Waals surface area (Å²) in [7, 11) is 0. The van der Waals surface area contributed by atoms with Crippen molar-refractivity contribution in [1.29, 1.82) is 0 Å². The van der Waals surface area contributed by atoms with E-state index in [4.69, 9.17) is 9.15 Å². The van der Waals surface area contributed by atoms with E-state index in [0.29, 0.717) is 22.6 Å². The van der Waals surface area contributed by atoms with Gasteiger partial charge in [0.2, 0.25) is 0 Å². The highest BCUT2D eigenvalue weighted by Crippen LogP contribution is 2.17. The van der Waals surface area contributed by atoms with Crippen LogP contribution in [0.15, 0.2) is 35.2 Å². The molecule has 0 atom stereocenters. The topological polar surface area (TPSA) is 52.3 Å². The Morgan fingerprint density at radius 2 is 2.06 bits per heavy atom. The summed E-state index contributed by atoms with van der Waals surface area (Å²) in [5.41, 5.74) is 1.02. The van der Waals surface area contributed by atoms with Crippen LogP contribution in [-0.4, -0.2) is 16.9 Å². The number of rotatable bonds is 4. The van der Waals surface area contributed by atoms with Gasteiger partial charge in [0.05, 0.1) is 17.9 Å². The van der Waals surface area contributed by atoms with E-state index < -0.39 is 0 Å². The maximum Gasteiger partial charge on any atom is 0.197 e. The van der Waals surface area contributed by atoms with Crippen LogP contribution in [0.25, 0.3) is 0 Å². The van der Waals surface area contributed by atoms with Crippen LogP contribution in [0.4, 0.5) is 0 Å². The van der Waals surface area contributed by atoms with Gasteiger partial charge in [0.1, 0.15) is 17.8 Å². The van der Waals surface area contributed by atoms with Crippen molar-refractivity contribution in [2.75, 3.05) is 0 Å². The maximum absolute atomic E-state index is 12.1. The molecule has 2 heterocycles. The molecule has 0 bridgehead atoms. The number of ketones is 1. The fourth-order valence-corrected chi connectivity index (χ4v) is 1.61. The van der Waals surface area contributed by atoms with Gasteiger partial charge >= 0.3 is 0 Å². The molecule has 18 heavy (non-hydrogen) atoms. The van der Waals surface area contributed by atoms with Crippen LogP contribution >= 0.6 is 0 Å². The Bertz CT molecular complexity index is 558. The zero-order chi connectivity index (χ0) is 13.1. The highest BCUT2D eigenvalue weighted by molar-refractivity contribution is 6.08. The molecule has 0 unspecified atom stereocenters. The minimum atomic E-state index is -0.117. The van der Waals surface area contributed by atoms with Gasteiger partial charge in [-0.2, -0.15) is 0 Å². The van der Waals surface area contributed by atoms with Crippen molar-refractivity contribution in [3.8, 4) is 5.75 Å². The zero-order valence-corrected chi connectivity index (χ0v) is 10.6. The van der Waals surface area contributed by atoms with Crippen LogP contribution in [0.1, 0.15) is 35.5 Å². The third-order valence-corrected chi connectivity index (χ3v) is 2.34. The number of carbonyl (C=O) groups is 1. The molecule has 0 aliphatic rings. The molecule has 2 aromatic heterocycles. The number of aryl methyl sites for hydroxylation is 1. The number of hydrogen-bond acceptors (Lipinski definition) is 4. The van der Waals surface area contributed by atoms with Gasteiger partial charge < -0.3 is 9.15 Å². The van der Waals surface area contributed by atoms with Gasteiger partial charge in [-0.1, -0.05) is 0 Å². The SMILES string of the molecule is Cc1cc(C(=O)c2cncc(OC(C)C)c2)co1. The molecule has 0 N–H and O–H groups in total. The van der Waals surface area contributed by atoms with E-state index in [1.165, 1.54) is 12.5 Å². The number of nitrogens with zero attached hydrogens (tertiary/aromatic N) is 1. The predicted molar refractivity (Wildman–Crippen MR) is 66.9 cm³/mol. The summed E-state index contributed by atoms with van der Waals surface area (Å²) in [6.45, 7) is 5.65. The molecule has 2 rings (SSSR count). The first-order chi connectivity index (χ1) is 8.56. The molecule has 0 fully saturated rings. The molecule has 0 aliphatic carbocycles. The summed E-state index contributed by atoms with van der Waals surface area (Å²) in [6, 6.07) is 3.40. The molecule has 0 aromatic carbocycles. The van der Waals surface area contributed by atoms with E-state index in [9.17, 15) is 4.79 Å². The monoisotopic (exact) mass is 245 g/mol. The molecule has 0 aliphatic heterocycles. The first-order valence-electron chi connectivity index (χ1n) is 5.78. The minimum absolute atomic E-state index is 0.0494. The van der Waals surface area contributed by atoms with Crippen LogP contribution in [0, 0.1) is 6.92 Å². The van der Waals surface area contributed by atoms with Crippen molar-refractivity contribution in [2.24, 2.45) is 0 Å². The van der Waals surface area contributed by atoms with E-state index in [1.54, 1.807) is 25.3 Å². The van der Waals surface area contributed by atoms with Gasteiger partial charge in [0.25, 0.3) is 0 Å². The number of hydrogen-bond donors (Lipinski definition) is 0. The average molecular weight is 245 g/mol. The molecule has 2 aromatic rings. The molecule has 0 saturated heterocycles. The summed E-state index contributed by atoms with van der Waals surface area (Å²) < 4.78 is 10.6. The van der Waals surface area contributed by atoms with Crippen LogP contribution in [0.3, 0.4) is 0 Å². The Morgan fingerprint density at radius 3 is 2.67 bits per heavy atom. The van der Waals surface area contributed by atoms with E-state index in [0.717, 1.165) is 0 Å². The third kappa shape index (κ3) is 2.77. The Hall–Kier alpha value is -2.10. The number of aromatic nitrogens is 1. The Morgan fingerprint density at radius 1 is 1.28 bits per heavy atom. The highest BCUT2D eigenvalue weighted by atomic mass is 16.5. The summed E-state index contributed by atoms with van der Waals surface area (Å²) in [6.07, 6.45) is 4.62. The van der Waals surface area contributed by atoms with Gasteiger partial charge in [-0.15, -0.1) is 0 Å². The van der Waals surface area contributed by atoms with Gasteiger partial charge in [-0.25, -0.2) is 0 Å². The van der Waals surface area contributed by atoms with Crippen LogP contribution < -0.4 is 4.74 Å². The lowest BCUT2D eigenvalue weighted by molar-refractivity contribution is 0.103. The van der Waals surface area contributed by atoms with Crippen molar-refractivity contribution < 1.29 is 13.9 Å². The number of ether oxygens (including phenoxy) is 1. The van der Waals surface area contributed by atoms with Crippen molar-refractivity contribution in [2.45, 2.75) is 26.9 Å². The van der Waals surface area contributed by atoms with E-state index >= 15 is 0 Å². The number of pyridine rings is 1. The third-order valence-electron chi connectivity index (χ3n) is 2.34. The summed E-state index contributed by atoms with van der Waals surface area (Å²) in [5.74, 6) is 1.19. The van der Waals surface area contributed by atoms with Crippen molar-refractivity contribution in [3.63, 3.8) is 0 Å². The standard InChI is InChI=1S/C14H15NO3/c1-9(2)18-13-5-11(6-15-7-13)14(16)12-4-10(3)17-8-12/h4-9H,1-3H3. The van der Waals surface area contributed by atoms with Gasteiger partial charge in [0.15, 0.2) is 5.78 Å². The molecule has 4 heteroatoms. The van der Waals surface area contributed by atoms with Crippen LogP contribution in [0.5, 0.6) is 5.75 Å². The number of furan rings is 1. The second-order valence-corrected chi connectivity index (χ2v) is 4.35.